The van der Waals surface area contributed by atoms with Crippen molar-refractivity contribution in [3.8, 4) is 5.75 Å². The van der Waals surface area contributed by atoms with Crippen molar-refractivity contribution in [2.75, 3.05) is 0 Å². The number of amides is 1. The lowest BCUT2D eigenvalue weighted by Crippen LogP contribution is -2.16. The summed E-state index contributed by atoms with van der Waals surface area (Å²) in [6.07, 6.45) is 10.5. The lowest BCUT2D eigenvalue weighted by atomic mass is 9.99. The molecule has 0 saturated heterocycles. The highest BCUT2D eigenvalue weighted by atomic mass is 32.1. The van der Waals surface area contributed by atoms with Gasteiger partial charge in [0.1, 0.15) is 17.1 Å². The average molecular weight is 502 g/mol. The van der Waals surface area contributed by atoms with Gasteiger partial charge in [0.05, 0.1) is 0 Å². The molecule has 190 valence electrons. The van der Waals surface area contributed by atoms with Gasteiger partial charge < -0.3 is 14.6 Å². The first kappa shape index (κ1) is 28.1. The van der Waals surface area contributed by atoms with Gasteiger partial charge >= 0.3 is 11.7 Å². The van der Waals surface area contributed by atoms with Crippen LogP contribution in [0.25, 0.3) is 6.08 Å². The van der Waals surface area contributed by atoms with Gasteiger partial charge in [-0.2, -0.15) is 0 Å². The standard InChI is InChI=1S/C27H35NO6S/c1-5-6-7-8-12-20-16-35-23(19(20)4)14-18(3)25(30)24-21(29)15-22(34-26(24)31)17(2)11-9-10-13-28-27(32)33/h10,13-17,28-29H,5-9,11-12H2,1-4H3,(H,32,33)/b13-10?,18-14+. The second-order valence-corrected chi connectivity index (χ2v) is 9.66. The van der Waals surface area contributed by atoms with Crippen LogP contribution in [0.3, 0.4) is 0 Å². The van der Waals surface area contributed by atoms with Crippen molar-refractivity contribution in [3.05, 3.63) is 67.0 Å². The Hall–Kier alpha value is -3.13. The summed E-state index contributed by atoms with van der Waals surface area (Å²) in [6.45, 7) is 7.69. The summed E-state index contributed by atoms with van der Waals surface area (Å²) in [4.78, 5) is 37.0. The van der Waals surface area contributed by atoms with Crippen LogP contribution in [0.5, 0.6) is 5.75 Å². The van der Waals surface area contributed by atoms with Crippen molar-refractivity contribution in [3.63, 3.8) is 0 Å². The Morgan fingerprint density at radius 2 is 2.00 bits per heavy atom. The number of carbonyl (C=O) groups excluding carboxylic acids is 1. The zero-order valence-electron chi connectivity index (χ0n) is 20.8. The smallest absolute Gasteiger partial charge is 0.408 e. The normalized spacial score (nSPS) is 12.7. The number of carboxylic acid groups (broad SMARTS) is 1. The van der Waals surface area contributed by atoms with E-state index in [-0.39, 0.29) is 17.2 Å². The second kappa shape index (κ2) is 13.7. The number of hydrogen-bond donors (Lipinski definition) is 3. The van der Waals surface area contributed by atoms with E-state index in [0.717, 1.165) is 23.3 Å². The van der Waals surface area contributed by atoms with Crippen LogP contribution in [0.1, 0.15) is 97.3 Å². The molecule has 0 bridgehead atoms. The van der Waals surface area contributed by atoms with Crippen molar-refractivity contribution in [1.29, 1.82) is 0 Å². The van der Waals surface area contributed by atoms with Gasteiger partial charge in [0.15, 0.2) is 5.78 Å². The third-order valence-corrected chi connectivity index (χ3v) is 7.02. The molecule has 2 aromatic heterocycles. The number of allylic oxidation sites excluding steroid dienone is 2. The molecule has 0 aliphatic heterocycles. The van der Waals surface area contributed by atoms with Crippen molar-refractivity contribution in [1.82, 2.24) is 5.32 Å². The molecule has 0 aromatic carbocycles. The first-order chi connectivity index (χ1) is 16.6. The number of thiophene rings is 1. The molecule has 0 aliphatic rings. The SMILES string of the molecule is CCCCCCc1csc(/C=C(\C)C(=O)c2c(O)cc(C(C)CCC=CNC(=O)O)oc2=O)c1C. The maximum absolute atomic E-state index is 13.0. The fraction of sp³-hybridized carbons (Fsp3) is 0.444. The predicted molar refractivity (Wildman–Crippen MR) is 139 cm³/mol. The molecular formula is C27H35NO6S. The zero-order valence-corrected chi connectivity index (χ0v) is 21.7. The summed E-state index contributed by atoms with van der Waals surface area (Å²) in [7, 11) is 0. The maximum Gasteiger partial charge on any atom is 0.408 e. The number of ketones is 1. The molecule has 0 fully saturated rings. The molecule has 1 atom stereocenters. The molecule has 0 aliphatic carbocycles. The topological polar surface area (TPSA) is 117 Å². The fourth-order valence-electron chi connectivity index (χ4n) is 3.71. The van der Waals surface area contributed by atoms with Crippen molar-refractivity contribution in [2.24, 2.45) is 0 Å². The number of rotatable bonds is 13. The van der Waals surface area contributed by atoms with E-state index in [4.69, 9.17) is 9.52 Å². The number of nitrogens with one attached hydrogen (secondary N) is 1. The maximum atomic E-state index is 13.0. The number of aryl methyl sites for hydroxylation is 1. The van der Waals surface area contributed by atoms with Crippen LogP contribution in [-0.2, 0) is 6.42 Å². The molecule has 7 nitrogen and oxygen atoms in total. The zero-order chi connectivity index (χ0) is 26.0. The van der Waals surface area contributed by atoms with Gasteiger partial charge in [-0.05, 0) is 67.7 Å². The summed E-state index contributed by atoms with van der Waals surface area (Å²) < 4.78 is 5.36. The number of carbonyl (C=O) groups is 2. The molecule has 2 heterocycles. The highest BCUT2D eigenvalue weighted by Gasteiger charge is 2.22. The van der Waals surface area contributed by atoms with E-state index in [1.54, 1.807) is 30.4 Å². The summed E-state index contributed by atoms with van der Waals surface area (Å²) in [5.74, 6) is -0.903. The van der Waals surface area contributed by atoms with Crippen molar-refractivity contribution in [2.45, 2.75) is 78.6 Å². The Bertz CT molecular complexity index is 1140. The molecule has 2 aromatic rings. The largest absolute Gasteiger partial charge is 0.507 e. The lowest BCUT2D eigenvalue weighted by molar-refractivity contribution is 0.102. The van der Waals surface area contributed by atoms with Gasteiger partial charge in [-0.1, -0.05) is 39.2 Å². The van der Waals surface area contributed by atoms with Gasteiger partial charge in [0.2, 0.25) is 0 Å². The molecule has 1 unspecified atom stereocenters. The van der Waals surface area contributed by atoms with E-state index in [1.165, 1.54) is 37.1 Å². The van der Waals surface area contributed by atoms with Gasteiger partial charge in [-0.3, -0.25) is 10.1 Å². The van der Waals surface area contributed by atoms with Crippen LogP contribution >= 0.6 is 11.3 Å². The van der Waals surface area contributed by atoms with Gasteiger partial charge in [-0.15, -0.1) is 11.3 Å². The average Bonchev–Trinajstić information content (AvgIpc) is 3.14. The predicted octanol–water partition coefficient (Wildman–Crippen LogP) is 6.79. The molecule has 3 N–H and O–H groups in total. The molecule has 35 heavy (non-hydrogen) atoms. The number of unbranched alkanes of at least 4 members (excludes halogenated alkanes) is 3. The molecule has 0 radical (unpaired) electrons. The van der Waals surface area contributed by atoms with Crippen LogP contribution in [0.15, 0.2) is 38.5 Å². The van der Waals surface area contributed by atoms with Crippen LogP contribution in [0.2, 0.25) is 0 Å². The summed E-state index contributed by atoms with van der Waals surface area (Å²) in [5, 5.41) is 23.3. The number of aromatic hydroxyl groups is 1. The second-order valence-electron chi connectivity index (χ2n) is 8.74. The highest BCUT2D eigenvalue weighted by molar-refractivity contribution is 7.11. The van der Waals surface area contributed by atoms with Crippen LogP contribution in [-0.4, -0.2) is 22.1 Å². The number of hydrogen-bond acceptors (Lipinski definition) is 6. The molecule has 0 spiro atoms. The number of Topliss-reactive ketones (excluding diaryl/α,β-unsaturated/α-hetero) is 1. The molecule has 8 heteroatoms. The third-order valence-electron chi connectivity index (χ3n) is 5.94. The minimum Gasteiger partial charge on any atom is -0.507 e. The summed E-state index contributed by atoms with van der Waals surface area (Å²) in [6, 6.07) is 1.32. The Morgan fingerprint density at radius 1 is 1.26 bits per heavy atom. The Labute approximate surface area is 210 Å². The Morgan fingerprint density at radius 3 is 2.66 bits per heavy atom. The van der Waals surface area contributed by atoms with E-state index >= 15 is 0 Å². The molecule has 1 amide bonds. The quantitative estimate of drug-likeness (QED) is 0.158. The van der Waals surface area contributed by atoms with Gasteiger partial charge in [-0.25, -0.2) is 9.59 Å². The van der Waals surface area contributed by atoms with Crippen LogP contribution in [0, 0.1) is 6.92 Å². The first-order valence-electron chi connectivity index (χ1n) is 12.0. The molecular weight excluding hydrogens is 466 g/mol. The lowest BCUT2D eigenvalue weighted by Gasteiger charge is -2.11. The van der Waals surface area contributed by atoms with E-state index in [9.17, 15) is 19.5 Å². The van der Waals surface area contributed by atoms with E-state index in [0.29, 0.717) is 18.4 Å². The Kier molecular flexibility index (Phi) is 11.0. The van der Waals surface area contributed by atoms with Crippen LogP contribution < -0.4 is 10.9 Å². The van der Waals surface area contributed by atoms with E-state index in [1.807, 2.05) is 13.8 Å². The highest BCUT2D eigenvalue weighted by Crippen LogP contribution is 2.29. The van der Waals surface area contributed by atoms with E-state index in [2.05, 4.69) is 17.6 Å². The minimum atomic E-state index is -1.15. The molecule has 0 saturated carbocycles. The molecule has 2 rings (SSSR count). The fourth-order valence-corrected chi connectivity index (χ4v) is 4.83. The van der Waals surface area contributed by atoms with Gasteiger partial charge in [0.25, 0.3) is 0 Å². The Balaban J connectivity index is 2.12. The van der Waals surface area contributed by atoms with E-state index < -0.39 is 23.3 Å². The van der Waals surface area contributed by atoms with Gasteiger partial charge in [0, 0.05) is 23.1 Å². The minimum absolute atomic E-state index is 0.214. The third kappa shape index (κ3) is 8.24. The monoisotopic (exact) mass is 501 g/mol. The van der Waals surface area contributed by atoms with Crippen molar-refractivity contribution >= 4 is 29.3 Å². The first-order valence-corrected chi connectivity index (χ1v) is 12.8. The van der Waals surface area contributed by atoms with Crippen molar-refractivity contribution < 1.29 is 24.2 Å². The summed E-state index contributed by atoms with van der Waals surface area (Å²) >= 11 is 1.57. The van der Waals surface area contributed by atoms with Crippen LogP contribution in [0.4, 0.5) is 4.79 Å². The summed E-state index contributed by atoms with van der Waals surface area (Å²) in [5.41, 5.74) is 1.55.